The third-order valence-electron chi connectivity index (χ3n) is 6.65. The predicted octanol–water partition coefficient (Wildman–Crippen LogP) is 6.90. The molecule has 0 spiro atoms. The Bertz CT molecular complexity index is 1530. The van der Waals surface area contributed by atoms with E-state index in [0.29, 0.717) is 41.2 Å². The minimum Gasteiger partial charge on any atom is -0.465 e. The maximum absolute atomic E-state index is 13.5. The number of rotatable bonds is 8. The molecular weight excluding hydrogens is 587 g/mol. The number of methoxy groups -OCH3 is 1. The molecule has 1 aliphatic rings. The first-order valence-corrected chi connectivity index (χ1v) is 15.7. The maximum atomic E-state index is 13.5. The van der Waals surface area contributed by atoms with Gasteiger partial charge in [0.2, 0.25) is 5.91 Å². The van der Waals surface area contributed by atoms with E-state index in [1.54, 1.807) is 17.0 Å². The molecule has 1 unspecified atom stereocenters. The summed E-state index contributed by atoms with van der Waals surface area (Å²) in [5.41, 5.74) is 2.68. The zero-order valence-electron chi connectivity index (χ0n) is 25.2. The van der Waals surface area contributed by atoms with Crippen LogP contribution in [-0.2, 0) is 27.2 Å². The number of carbonyl (C=O) groups is 4. The molecular formula is C32H37N3O6S2. The first-order valence-electron chi connectivity index (χ1n) is 14.0. The minimum atomic E-state index is -0.623. The fourth-order valence-corrected chi connectivity index (χ4v) is 6.88. The molecule has 2 aromatic carbocycles. The van der Waals surface area contributed by atoms with Gasteiger partial charge in [-0.2, -0.15) is 0 Å². The zero-order valence-corrected chi connectivity index (χ0v) is 26.9. The van der Waals surface area contributed by atoms with Crippen LogP contribution in [0.4, 0.5) is 15.5 Å². The lowest BCUT2D eigenvalue weighted by atomic mass is 10.0. The highest BCUT2D eigenvalue weighted by molar-refractivity contribution is 8.00. The number of hydrogen-bond donors (Lipinski definition) is 2. The number of thioether (sulfide) groups is 1. The molecule has 0 saturated heterocycles. The van der Waals surface area contributed by atoms with Crippen LogP contribution in [0.5, 0.6) is 0 Å². The Kier molecular flexibility index (Phi) is 10.2. The van der Waals surface area contributed by atoms with Crippen molar-refractivity contribution >= 4 is 57.7 Å². The second kappa shape index (κ2) is 13.6. The molecule has 2 N–H and O–H groups in total. The fourth-order valence-electron chi connectivity index (χ4n) is 4.61. The molecule has 3 aromatic rings. The predicted molar refractivity (Wildman–Crippen MR) is 170 cm³/mol. The first-order chi connectivity index (χ1) is 20.4. The average molecular weight is 624 g/mol. The quantitative estimate of drug-likeness (QED) is 0.207. The summed E-state index contributed by atoms with van der Waals surface area (Å²) in [7, 11) is 1.31. The molecule has 228 valence electrons. The van der Waals surface area contributed by atoms with E-state index >= 15 is 0 Å². The summed E-state index contributed by atoms with van der Waals surface area (Å²) in [6.07, 6.45) is 0.552. The molecule has 1 aromatic heterocycles. The maximum Gasteiger partial charge on any atom is 0.410 e. The van der Waals surface area contributed by atoms with E-state index in [2.05, 4.69) is 10.6 Å². The fraction of sp³-hybridized carbons (Fsp3) is 0.375. The first kappa shape index (κ1) is 32.1. The van der Waals surface area contributed by atoms with E-state index in [0.717, 1.165) is 20.9 Å². The topological polar surface area (TPSA) is 114 Å². The smallest absolute Gasteiger partial charge is 0.410 e. The number of hydrogen-bond acceptors (Lipinski definition) is 8. The van der Waals surface area contributed by atoms with Crippen LogP contribution >= 0.6 is 23.1 Å². The van der Waals surface area contributed by atoms with Crippen molar-refractivity contribution in [1.29, 1.82) is 0 Å². The van der Waals surface area contributed by atoms with Gasteiger partial charge < -0.3 is 25.0 Å². The molecule has 3 amide bonds. The molecule has 0 saturated carbocycles. The number of nitrogens with one attached hydrogen (secondary N) is 2. The van der Waals surface area contributed by atoms with Crippen molar-refractivity contribution in [3.8, 4) is 0 Å². The van der Waals surface area contributed by atoms with Gasteiger partial charge in [0.15, 0.2) is 0 Å². The Balaban J connectivity index is 1.48. The number of amides is 3. The Morgan fingerprint density at radius 1 is 1.07 bits per heavy atom. The number of thiophene rings is 1. The van der Waals surface area contributed by atoms with Crippen molar-refractivity contribution in [2.45, 2.75) is 69.8 Å². The summed E-state index contributed by atoms with van der Waals surface area (Å²) < 4.78 is 10.6. The lowest BCUT2D eigenvalue weighted by Crippen LogP contribution is -2.39. The molecule has 0 aliphatic carbocycles. The number of fused-ring (bicyclic) bond motifs is 1. The zero-order chi connectivity index (χ0) is 31.3. The molecule has 2 heterocycles. The van der Waals surface area contributed by atoms with Gasteiger partial charge in [-0.1, -0.05) is 30.7 Å². The summed E-state index contributed by atoms with van der Waals surface area (Å²) in [5.74, 6) is -0.997. The molecule has 43 heavy (non-hydrogen) atoms. The summed E-state index contributed by atoms with van der Waals surface area (Å²) in [5, 5.41) is 5.83. The van der Waals surface area contributed by atoms with Gasteiger partial charge in [-0.3, -0.25) is 9.59 Å². The van der Waals surface area contributed by atoms with E-state index in [1.807, 2.05) is 71.0 Å². The molecule has 9 nitrogen and oxygen atoms in total. The van der Waals surface area contributed by atoms with Crippen LogP contribution in [-0.4, -0.2) is 53.3 Å². The molecule has 0 radical (unpaired) electrons. The lowest BCUT2D eigenvalue weighted by Gasteiger charge is -2.30. The van der Waals surface area contributed by atoms with Gasteiger partial charge in [-0.15, -0.1) is 23.1 Å². The molecule has 0 bridgehead atoms. The highest BCUT2D eigenvalue weighted by atomic mass is 32.2. The number of nitrogens with zero attached hydrogens (tertiary/aromatic N) is 1. The van der Waals surface area contributed by atoms with E-state index in [1.165, 1.54) is 30.2 Å². The van der Waals surface area contributed by atoms with Crippen molar-refractivity contribution in [3.05, 3.63) is 75.7 Å². The van der Waals surface area contributed by atoms with Gasteiger partial charge in [0.05, 0.1) is 24.5 Å². The highest BCUT2D eigenvalue weighted by Crippen LogP contribution is 2.39. The Hall–Kier alpha value is -3.83. The van der Waals surface area contributed by atoms with Crippen molar-refractivity contribution in [3.63, 3.8) is 0 Å². The van der Waals surface area contributed by atoms with E-state index in [9.17, 15) is 19.2 Å². The van der Waals surface area contributed by atoms with Crippen LogP contribution in [0.3, 0.4) is 0 Å². The van der Waals surface area contributed by atoms with Gasteiger partial charge >= 0.3 is 12.1 Å². The molecule has 4 rings (SSSR count). The number of ether oxygens (including phenoxy) is 2. The third-order valence-corrected chi connectivity index (χ3v) is 9.14. The molecule has 11 heteroatoms. The van der Waals surface area contributed by atoms with Crippen LogP contribution in [0.25, 0.3) is 0 Å². The second-order valence-corrected chi connectivity index (χ2v) is 13.6. The Morgan fingerprint density at radius 2 is 1.81 bits per heavy atom. The van der Waals surface area contributed by atoms with Gasteiger partial charge in [0, 0.05) is 27.6 Å². The number of anilines is 2. The van der Waals surface area contributed by atoms with Gasteiger partial charge in [-0.05, 0) is 76.4 Å². The van der Waals surface area contributed by atoms with E-state index in [-0.39, 0.29) is 18.4 Å². The number of esters is 1. The van der Waals surface area contributed by atoms with Gasteiger partial charge in [0.25, 0.3) is 5.91 Å². The second-order valence-electron chi connectivity index (χ2n) is 11.2. The highest BCUT2D eigenvalue weighted by Gasteiger charge is 2.33. The van der Waals surface area contributed by atoms with Crippen molar-refractivity contribution in [2.24, 2.45) is 0 Å². The normalized spacial score (nSPS) is 13.5. The lowest BCUT2D eigenvalue weighted by molar-refractivity contribution is -0.115. The number of aryl methyl sites for hydroxylation is 1. The molecule has 0 fully saturated rings. The van der Waals surface area contributed by atoms with E-state index < -0.39 is 22.9 Å². The number of carbonyl (C=O) groups excluding carboxylic acids is 4. The summed E-state index contributed by atoms with van der Waals surface area (Å²) in [4.78, 5) is 55.0. The van der Waals surface area contributed by atoms with Crippen molar-refractivity contribution < 1.29 is 28.7 Å². The Labute approximate surface area is 260 Å². The summed E-state index contributed by atoms with van der Waals surface area (Å²) in [6.45, 7) is 9.96. The monoisotopic (exact) mass is 623 g/mol. The van der Waals surface area contributed by atoms with Crippen molar-refractivity contribution in [2.75, 3.05) is 24.3 Å². The van der Waals surface area contributed by atoms with Crippen LogP contribution in [0.1, 0.15) is 70.8 Å². The van der Waals surface area contributed by atoms with Crippen molar-refractivity contribution in [1.82, 2.24) is 4.90 Å². The minimum absolute atomic E-state index is 0.210. The summed E-state index contributed by atoms with van der Waals surface area (Å²) >= 11 is 2.65. The van der Waals surface area contributed by atoms with Crippen LogP contribution in [0, 0.1) is 6.92 Å². The Morgan fingerprint density at radius 3 is 2.49 bits per heavy atom. The number of benzene rings is 2. The van der Waals surface area contributed by atoms with Gasteiger partial charge in [-0.25, -0.2) is 9.59 Å². The largest absolute Gasteiger partial charge is 0.465 e. The van der Waals surface area contributed by atoms with Gasteiger partial charge in [0.1, 0.15) is 10.6 Å². The SMILES string of the molecule is CCC(Sc1cccc(NC(=O)c2cccc(C)c2)c1)C(=O)Nc1sc2c(c1C(=O)OC)CCN(C(=O)OC(C)(C)C)C2. The molecule has 1 atom stereocenters. The third kappa shape index (κ3) is 8.17. The van der Waals surface area contributed by atoms with E-state index in [4.69, 9.17) is 9.47 Å². The average Bonchev–Trinajstić information content (AvgIpc) is 3.31. The van der Waals surface area contributed by atoms with Crippen LogP contribution in [0.15, 0.2) is 53.4 Å². The summed E-state index contributed by atoms with van der Waals surface area (Å²) in [6, 6.07) is 14.7. The molecule has 1 aliphatic heterocycles. The van der Waals surface area contributed by atoms with Crippen LogP contribution < -0.4 is 10.6 Å². The van der Waals surface area contributed by atoms with Crippen LogP contribution in [0.2, 0.25) is 0 Å². The standard InChI is InChI=1S/C32H37N3O6S2/c1-7-24(42-22-13-9-12-21(17-22)33-27(36)20-11-8-10-19(2)16-20)28(37)34-29-26(30(38)40-6)23-14-15-35(18-25(23)43-29)31(39)41-32(3,4)5/h8-13,16-17,24H,7,14-15,18H2,1-6H3,(H,33,36)(H,34,37).